The fourth-order valence-electron chi connectivity index (χ4n) is 3.45. The smallest absolute Gasteiger partial charge is 0.227 e. The van der Waals surface area contributed by atoms with E-state index in [0.29, 0.717) is 23.2 Å². The van der Waals surface area contributed by atoms with Gasteiger partial charge in [-0.2, -0.15) is 0 Å². The molecule has 5 nitrogen and oxygen atoms in total. The summed E-state index contributed by atoms with van der Waals surface area (Å²) in [5.74, 6) is 1.29. The van der Waals surface area contributed by atoms with Gasteiger partial charge < -0.3 is 10.2 Å². The second kappa shape index (κ2) is 6.01. The Morgan fingerprint density at radius 1 is 1.18 bits per heavy atom. The summed E-state index contributed by atoms with van der Waals surface area (Å²) in [6, 6.07) is 6.63. The Morgan fingerprint density at radius 2 is 1.77 bits per heavy atom. The van der Waals surface area contributed by atoms with E-state index in [1.54, 1.807) is 24.3 Å². The lowest BCUT2D eigenvalue weighted by atomic mass is 9.85. The van der Waals surface area contributed by atoms with Crippen molar-refractivity contribution in [3.05, 3.63) is 29.8 Å². The van der Waals surface area contributed by atoms with E-state index in [1.807, 2.05) is 4.90 Å². The first-order valence-electron chi connectivity index (χ1n) is 7.69. The van der Waals surface area contributed by atoms with Gasteiger partial charge in [-0.15, -0.1) is 0 Å². The molecule has 2 bridgehead atoms. The van der Waals surface area contributed by atoms with Crippen LogP contribution in [-0.4, -0.2) is 51.7 Å². The van der Waals surface area contributed by atoms with Crippen LogP contribution < -0.4 is 5.32 Å². The molecule has 0 aliphatic carbocycles. The quantitative estimate of drug-likeness (QED) is 0.890. The highest BCUT2D eigenvalue weighted by Crippen LogP contribution is 2.25. The Bertz CT molecular complexity index is 642. The number of hydrogen-bond acceptors (Lipinski definition) is 4. The third kappa shape index (κ3) is 3.50. The van der Waals surface area contributed by atoms with Gasteiger partial charge in [-0.3, -0.25) is 4.79 Å². The van der Waals surface area contributed by atoms with Crippen LogP contribution >= 0.6 is 0 Å². The first-order valence-corrected chi connectivity index (χ1v) is 9.58. The van der Waals surface area contributed by atoms with Crippen LogP contribution in [0.15, 0.2) is 29.2 Å². The van der Waals surface area contributed by atoms with Gasteiger partial charge in [0.2, 0.25) is 5.91 Å². The van der Waals surface area contributed by atoms with Crippen LogP contribution in [0.1, 0.15) is 12.0 Å². The zero-order valence-corrected chi connectivity index (χ0v) is 13.6. The number of piperidine rings is 2. The molecule has 2 saturated heterocycles. The van der Waals surface area contributed by atoms with Crippen molar-refractivity contribution in [3.8, 4) is 0 Å². The molecular weight excluding hydrogens is 300 g/mol. The number of amides is 1. The van der Waals surface area contributed by atoms with Crippen molar-refractivity contribution in [1.29, 1.82) is 0 Å². The minimum Gasteiger partial charge on any atom is -0.342 e. The lowest BCUT2D eigenvalue weighted by Gasteiger charge is -2.41. The SMILES string of the molecule is CS(=O)(=O)c1ccc(CC(=O)N2C[C@@H]3CNC[C@@H](C3)C2)cc1. The van der Waals surface area contributed by atoms with Gasteiger partial charge in [0.1, 0.15) is 0 Å². The van der Waals surface area contributed by atoms with Gasteiger partial charge in [-0.05, 0) is 49.0 Å². The van der Waals surface area contributed by atoms with Gasteiger partial charge >= 0.3 is 0 Å². The predicted molar refractivity (Wildman–Crippen MR) is 84.3 cm³/mol. The van der Waals surface area contributed by atoms with Gasteiger partial charge in [0.15, 0.2) is 9.84 Å². The zero-order valence-electron chi connectivity index (χ0n) is 12.8. The molecule has 1 aromatic carbocycles. The van der Waals surface area contributed by atoms with Crippen LogP contribution in [0.25, 0.3) is 0 Å². The first kappa shape index (κ1) is 15.5. The molecule has 0 radical (unpaired) electrons. The molecule has 0 saturated carbocycles. The molecule has 2 aliphatic rings. The molecule has 0 spiro atoms. The number of carbonyl (C=O) groups is 1. The molecule has 2 atom stereocenters. The highest BCUT2D eigenvalue weighted by atomic mass is 32.2. The molecule has 2 heterocycles. The number of hydrogen-bond donors (Lipinski definition) is 1. The van der Waals surface area contributed by atoms with Crippen molar-refractivity contribution in [2.75, 3.05) is 32.4 Å². The van der Waals surface area contributed by atoms with Crippen LogP contribution in [0.3, 0.4) is 0 Å². The summed E-state index contributed by atoms with van der Waals surface area (Å²) < 4.78 is 22.9. The molecule has 6 heteroatoms. The molecule has 2 aliphatic heterocycles. The van der Waals surface area contributed by atoms with E-state index in [2.05, 4.69) is 5.32 Å². The molecular formula is C16H22N2O3S. The summed E-state index contributed by atoms with van der Waals surface area (Å²) in [4.78, 5) is 14.7. The Kier molecular flexibility index (Phi) is 4.23. The van der Waals surface area contributed by atoms with Crippen LogP contribution in [0.5, 0.6) is 0 Å². The minimum atomic E-state index is -3.18. The Balaban J connectivity index is 1.64. The third-order valence-electron chi connectivity index (χ3n) is 4.55. The molecule has 120 valence electrons. The first-order chi connectivity index (χ1) is 10.4. The number of likely N-dealkylation sites (tertiary alicyclic amines) is 1. The van der Waals surface area contributed by atoms with E-state index in [0.717, 1.165) is 31.7 Å². The Hall–Kier alpha value is -1.40. The van der Waals surface area contributed by atoms with Crippen LogP contribution in [0.2, 0.25) is 0 Å². The van der Waals surface area contributed by atoms with Crippen LogP contribution in [0, 0.1) is 11.8 Å². The van der Waals surface area contributed by atoms with E-state index in [1.165, 1.54) is 12.7 Å². The molecule has 1 aromatic rings. The van der Waals surface area contributed by atoms with Crippen molar-refractivity contribution in [3.63, 3.8) is 0 Å². The van der Waals surface area contributed by atoms with E-state index in [9.17, 15) is 13.2 Å². The van der Waals surface area contributed by atoms with Crippen molar-refractivity contribution in [2.24, 2.45) is 11.8 Å². The van der Waals surface area contributed by atoms with Crippen LogP contribution in [-0.2, 0) is 21.1 Å². The monoisotopic (exact) mass is 322 g/mol. The van der Waals surface area contributed by atoms with E-state index in [4.69, 9.17) is 0 Å². The maximum Gasteiger partial charge on any atom is 0.227 e. The molecule has 1 amide bonds. The molecule has 0 unspecified atom stereocenters. The summed E-state index contributed by atoms with van der Waals surface area (Å²) in [7, 11) is -3.18. The van der Waals surface area contributed by atoms with Gasteiger partial charge in [-0.25, -0.2) is 8.42 Å². The fourth-order valence-corrected chi connectivity index (χ4v) is 4.08. The molecule has 0 aromatic heterocycles. The van der Waals surface area contributed by atoms with Crippen molar-refractivity contribution in [2.45, 2.75) is 17.7 Å². The molecule has 1 N–H and O–H groups in total. The van der Waals surface area contributed by atoms with Gasteiger partial charge in [0.25, 0.3) is 0 Å². The zero-order chi connectivity index (χ0) is 15.7. The lowest BCUT2D eigenvalue weighted by Crippen LogP contribution is -2.53. The third-order valence-corrected chi connectivity index (χ3v) is 5.68. The maximum absolute atomic E-state index is 12.5. The van der Waals surface area contributed by atoms with E-state index in [-0.39, 0.29) is 5.91 Å². The van der Waals surface area contributed by atoms with E-state index >= 15 is 0 Å². The van der Waals surface area contributed by atoms with E-state index < -0.39 is 9.84 Å². The number of benzene rings is 1. The number of nitrogens with one attached hydrogen (secondary N) is 1. The second-order valence-corrected chi connectivity index (χ2v) is 8.53. The number of sulfone groups is 1. The predicted octanol–water partition coefficient (Wildman–Crippen LogP) is 0.701. The fraction of sp³-hybridized carbons (Fsp3) is 0.562. The number of carbonyl (C=O) groups excluding carboxylic acids is 1. The summed E-state index contributed by atoms with van der Waals surface area (Å²) in [6.07, 6.45) is 2.75. The lowest BCUT2D eigenvalue weighted by molar-refractivity contribution is -0.133. The summed E-state index contributed by atoms with van der Waals surface area (Å²) in [6.45, 7) is 3.68. The topological polar surface area (TPSA) is 66.5 Å². The van der Waals surface area contributed by atoms with Gasteiger partial charge in [0, 0.05) is 19.3 Å². The Morgan fingerprint density at radius 3 is 2.32 bits per heavy atom. The summed E-state index contributed by atoms with van der Waals surface area (Å²) in [5, 5.41) is 3.42. The van der Waals surface area contributed by atoms with Gasteiger partial charge in [0.05, 0.1) is 11.3 Å². The summed E-state index contributed by atoms with van der Waals surface area (Å²) in [5.41, 5.74) is 0.867. The highest BCUT2D eigenvalue weighted by molar-refractivity contribution is 7.90. The Labute approximate surface area is 131 Å². The van der Waals surface area contributed by atoms with Crippen molar-refractivity contribution >= 4 is 15.7 Å². The average Bonchev–Trinajstić information content (AvgIpc) is 2.46. The number of nitrogens with zero attached hydrogens (tertiary/aromatic N) is 1. The minimum absolute atomic E-state index is 0.142. The highest BCUT2D eigenvalue weighted by Gasteiger charge is 2.32. The van der Waals surface area contributed by atoms with Gasteiger partial charge in [-0.1, -0.05) is 12.1 Å². The molecule has 3 rings (SSSR count). The second-order valence-electron chi connectivity index (χ2n) is 6.52. The average molecular weight is 322 g/mol. The largest absolute Gasteiger partial charge is 0.342 e. The molecule has 22 heavy (non-hydrogen) atoms. The summed E-state index contributed by atoms with van der Waals surface area (Å²) >= 11 is 0. The normalized spacial score (nSPS) is 25.0. The van der Waals surface area contributed by atoms with Crippen LogP contribution in [0.4, 0.5) is 0 Å². The number of fused-ring (bicyclic) bond motifs is 2. The standard InChI is InChI=1S/C16H22N2O3S/c1-22(20,21)15-4-2-12(3-5-15)7-16(19)18-10-13-6-14(11-18)9-17-8-13/h2-5,13-14,17H,6-11H2,1H3/t13-,14+. The number of rotatable bonds is 3. The van der Waals surface area contributed by atoms with Crippen molar-refractivity contribution < 1.29 is 13.2 Å². The maximum atomic E-state index is 12.5. The molecule has 2 fully saturated rings. The van der Waals surface area contributed by atoms with Crippen molar-refractivity contribution in [1.82, 2.24) is 10.2 Å².